The zero-order valence-electron chi connectivity index (χ0n) is 5.01. The normalized spacial score (nSPS) is 7.70. The standard InChI is InChI=1S/C4H8N2O2S.K.H/c1-3(7)6-9-2-4(5)8;;/h2H2,1H3,(H2,5,8)(H,6,7);;. The summed E-state index contributed by atoms with van der Waals surface area (Å²) in [7, 11) is 0. The van der Waals surface area contributed by atoms with E-state index < -0.39 is 5.91 Å². The Labute approximate surface area is 106 Å². The van der Waals surface area contributed by atoms with Gasteiger partial charge in [-0.2, -0.15) is 0 Å². The van der Waals surface area contributed by atoms with Crippen LogP contribution < -0.4 is 10.5 Å². The Bertz CT molecular complexity index is 116. The Kier molecular flexibility index (Phi) is 10.8. The molecule has 0 aromatic heterocycles. The first-order valence-electron chi connectivity index (χ1n) is 2.29. The van der Waals surface area contributed by atoms with Crippen molar-refractivity contribution in [3.8, 4) is 0 Å². The Hall–Kier alpha value is 0.926. The average Bonchev–Trinajstić information content (AvgIpc) is 1.63. The van der Waals surface area contributed by atoms with Crippen molar-refractivity contribution in [1.82, 2.24) is 4.72 Å². The zero-order valence-corrected chi connectivity index (χ0v) is 5.83. The van der Waals surface area contributed by atoms with Gasteiger partial charge in [-0.05, 0) is 11.9 Å². The van der Waals surface area contributed by atoms with Crippen molar-refractivity contribution in [2.24, 2.45) is 5.73 Å². The summed E-state index contributed by atoms with van der Waals surface area (Å²) in [6, 6.07) is 0. The molecule has 0 fully saturated rings. The molecule has 0 aromatic rings. The molecule has 2 amide bonds. The predicted octanol–water partition coefficient (Wildman–Crippen LogP) is -1.39. The van der Waals surface area contributed by atoms with E-state index >= 15 is 0 Å². The van der Waals surface area contributed by atoms with Crippen LogP contribution >= 0.6 is 11.9 Å². The van der Waals surface area contributed by atoms with Gasteiger partial charge >= 0.3 is 51.4 Å². The Morgan fingerprint density at radius 2 is 2.10 bits per heavy atom. The van der Waals surface area contributed by atoms with E-state index in [0.717, 1.165) is 11.9 Å². The van der Waals surface area contributed by atoms with E-state index in [9.17, 15) is 9.59 Å². The van der Waals surface area contributed by atoms with Crippen molar-refractivity contribution in [1.29, 1.82) is 0 Å². The number of rotatable bonds is 3. The summed E-state index contributed by atoms with van der Waals surface area (Å²) >= 11 is 0.995. The van der Waals surface area contributed by atoms with Crippen LogP contribution in [0, 0.1) is 0 Å². The molecule has 0 unspecified atom stereocenters. The molecular weight excluding hydrogens is 179 g/mol. The number of carbonyl (C=O) groups is 2. The third-order valence-electron chi connectivity index (χ3n) is 0.430. The summed E-state index contributed by atoms with van der Waals surface area (Å²) in [6.45, 7) is 1.37. The maximum atomic E-state index is 10.1. The van der Waals surface area contributed by atoms with Crippen molar-refractivity contribution in [2.75, 3.05) is 5.75 Å². The summed E-state index contributed by atoms with van der Waals surface area (Å²) in [6.07, 6.45) is 0. The van der Waals surface area contributed by atoms with Crippen LogP contribution in [0.1, 0.15) is 6.92 Å². The molecule has 6 heteroatoms. The zero-order chi connectivity index (χ0) is 7.28. The summed E-state index contributed by atoms with van der Waals surface area (Å²) in [5, 5.41) is 0. The first-order chi connectivity index (χ1) is 4.13. The summed E-state index contributed by atoms with van der Waals surface area (Å²) < 4.78 is 2.35. The fourth-order valence-electron chi connectivity index (χ4n) is 0.209. The monoisotopic (exact) mass is 188 g/mol. The third kappa shape index (κ3) is 11.7. The molecule has 0 saturated heterocycles. The van der Waals surface area contributed by atoms with Crippen LogP contribution in [0.4, 0.5) is 0 Å². The number of amides is 2. The maximum absolute atomic E-state index is 10.1. The third-order valence-corrected chi connectivity index (χ3v) is 1.29. The van der Waals surface area contributed by atoms with Gasteiger partial charge in [-0.25, -0.2) is 0 Å². The van der Waals surface area contributed by atoms with Gasteiger partial charge in [-0.1, -0.05) is 0 Å². The van der Waals surface area contributed by atoms with E-state index in [-0.39, 0.29) is 63.0 Å². The minimum atomic E-state index is -0.436. The van der Waals surface area contributed by atoms with Crippen LogP contribution in [0.15, 0.2) is 0 Å². The van der Waals surface area contributed by atoms with Crippen LogP contribution in [-0.2, 0) is 9.59 Å². The number of carbonyl (C=O) groups excluding carboxylic acids is 2. The van der Waals surface area contributed by atoms with E-state index in [2.05, 4.69) is 4.72 Å². The quantitative estimate of drug-likeness (QED) is 0.423. The average molecular weight is 188 g/mol. The second-order valence-electron chi connectivity index (χ2n) is 1.41. The van der Waals surface area contributed by atoms with Crippen molar-refractivity contribution in [3.63, 3.8) is 0 Å². The van der Waals surface area contributed by atoms with E-state index in [1.165, 1.54) is 6.92 Å². The molecule has 0 aliphatic carbocycles. The Balaban J connectivity index is 0. The summed E-state index contributed by atoms with van der Waals surface area (Å²) in [4.78, 5) is 20.2. The molecule has 3 N–H and O–H groups in total. The molecule has 0 spiro atoms. The number of hydrogen-bond acceptors (Lipinski definition) is 3. The fraction of sp³-hybridized carbons (Fsp3) is 0.500. The molecule has 0 radical (unpaired) electrons. The van der Waals surface area contributed by atoms with Crippen molar-refractivity contribution >= 4 is 75.1 Å². The van der Waals surface area contributed by atoms with Crippen LogP contribution in [0.3, 0.4) is 0 Å². The van der Waals surface area contributed by atoms with E-state index in [4.69, 9.17) is 5.73 Å². The molecule has 0 heterocycles. The SMILES string of the molecule is CC(=O)NSCC(N)=O.[KH]. The van der Waals surface area contributed by atoms with E-state index in [0.29, 0.717) is 0 Å². The number of hydrogen-bond donors (Lipinski definition) is 2. The van der Waals surface area contributed by atoms with Gasteiger partial charge in [0, 0.05) is 6.92 Å². The summed E-state index contributed by atoms with van der Waals surface area (Å²) in [5.41, 5.74) is 4.77. The van der Waals surface area contributed by atoms with Gasteiger partial charge in [0.2, 0.25) is 11.8 Å². The Morgan fingerprint density at radius 3 is 2.40 bits per heavy atom. The molecule has 0 aromatic carbocycles. The van der Waals surface area contributed by atoms with Gasteiger partial charge in [0.15, 0.2) is 0 Å². The topological polar surface area (TPSA) is 72.2 Å². The van der Waals surface area contributed by atoms with E-state index in [1.807, 2.05) is 0 Å². The van der Waals surface area contributed by atoms with Crippen molar-refractivity contribution in [3.05, 3.63) is 0 Å². The number of nitrogens with two attached hydrogens (primary N) is 1. The van der Waals surface area contributed by atoms with Gasteiger partial charge in [-0.15, -0.1) is 0 Å². The summed E-state index contributed by atoms with van der Waals surface area (Å²) in [5.74, 6) is -0.491. The molecule has 0 atom stereocenters. The molecule has 0 aliphatic heterocycles. The molecule has 0 bridgehead atoms. The van der Waals surface area contributed by atoms with Gasteiger partial charge in [0.25, 0.3) is 0 Å². The minimum absolute atomic E-state index is 0. The molecule has 4 nitrogen and oxygen atoms in total. The van der Waals surface area contributed by atoms with Gasteiger partial charge < -0.3 is 5.73 Å². The first kappa shape index (κ1) is 13.5. The van der Waals surface area contributed by atoms with Crippen molar-refractivity contribution < 1.29 is 9.59 Å². The van der Waals surface area contributed by atoms with Crippen LogP contribution in [0.2, 0.25) is 0 Å². The molecule has 0 saturated carbocycles. The van der Waals surface area contributed by atoms with Gasteiger partial charge in [0.05, 0.1) is 5.75 Å². The molecule has 0 aliphatic rings. The predicted molar refractivity (Wildman–Crippen MR) is 42.6 cm³/mol. The molecule has 10 heavy (non-hydrogen) atoms. The van der Waals surface area contributed by atoms with Gasteiger partial charge in [-0.3, -0.25) is 14.3 Å². The molecule has 0 rings (SSSR count). The Morgan fingerprint density at radius 1 is 1.60 bits per heavy atom. The van der Waals surface area contributed by atoms with Gasteiger partial charge in [0.1, 0.15) is 0 Å². The second-order valence-corrected chi connectivity index (χ2v) is 2.19. The van der Waals surface area contributed by atoms with Crippen LogP contribution in [0.25, 0.3) is 0 Å². The molecule has 54 valence electrons. The fourth-order valence-corrected chi connectivity index (χ4v) is 0.627. The molecular formula is C4H9KN2O2S. The first-order valence-corrected chi connectivity index (χ1v) is 3.28. The van der Waals surface area contributed by atoms with Crippen LogP contribution in [-0.4, -0.2) is 69.0 Å². The second kappa shape index (κ2) is 8.03. The number of nitrogens with one attached hydrogen (secondary N) is 1. The number of primary amides is 1. The van der Waals surface area contributed by atoms with Crippen LogP contribution in [0.5, 0.6) is 0 Å². The van der Waals surface area contributed by atoms with E-state index in [1.54, 1.807) is 0 Å². The van der Waals surface area contributed by atoms with Crippen molar-refractivity contribution in [2.45, 2.75) is 6.92 Å².